The second kappa shape index (κ2) is 4.74. The molecule has 4 rings (SSSR count). The minimum Gasteiger partial charge on any atom is -0.467 e. The van der Waals surface area contributed by atoms with Crippen molar-refractivity contribution < 1.29 is 9.84 Å². The highest BCUT2D eigenvalue weighted by Gasteiger charge is 2.41. The molecule has 0 amide bonds. The van der Waals surface area contributed by atoms with Gasteiger partial charge in [-0.2, -0.15) is 4.98 Å². The molecule has 1 fully saturated rings. The standard InChI is InChI=1S/C15H19N5O2/c1-15(21)7-3-4-11(15)20-13-10(18-19-20)6-5-9-8-16-14(22-2)17-12(9)13/h8,11,21H,3-7H2,1-2H3/t11-,15-/m1/s1. The Morgan fingerprint density at radius 3 is 3.00 bits per heavy atom. The molecule has 0 unspecified atom stereocenters. The van der Waals surface area contributed by atoms with Crippen LogP contribution >= 0.6 is 0 Å². The van der Waals surface area contributed by atoms with E-state index in [1.54, 1.807) is 7.11 Å². The third-order valence-electron chi connectivity index (χ3n) is 4.82. The number of hydrogen-bond donors (Lipinski definition) is 1. The van der Waals surface area contributed by atoms with Crippen LogP contribution < -0.4 is 4.74 Å². The van der Waals surface area contributed by atoms with Crippen molar-refractivity contribution in [2.24, 2.45) is 0 Å². The Bertz CT molecular complexity index is 725. The maximum absolute atomic E-state index is 10.6. The van der Waals surface area contributed by atoms with Gasteiger partial charge in [0.2, 0.25) is 0 Å². The predicted octanol–water partition coefficient (Wildman–Crippen LogP) is 1.32. The summed E-state index contributed by atoms with van der Waals surface area (Å²) in [6.45, 7) is 1.88. The minimum atomic E-state index is -0.754. The van der Waals surface area contributed by atoms with Crippen LogP contribution in [0.4, 0.5) is 0 Å². The monoisotopic (exact) mass is 301 g/mol. The third kappa shape index (κ3) is 1.92. The van der Waals surface area contributed by atoms with Crippen molar-refractivity contribution in [1.29, 1.82) is 0 Å². The van der Waals surface area contributed by atoms with Gasteiger partial charge in [0, 0.05) is 6.20 Å². The molecule has 2 aliphatic rings. The number of rotatable bonds is 2. The first kappa shape index (κ1) is 13.6. The largest absolute Gasteiger partial charge is 0.467 e. The van der Waals surface area contributed by atoms with Crippen LogP contribution in [0.1, 0.15) is 43.5 Å². The van der Waals surface area contributed by atoms with Crippen LogP contribution in [0, 0.1) is 0 Å². The second-order valence-electron chi connectivity index (χ2n) is 6.33. The summed E-state index contributed by atoms with van der Waals surface area (Å²) in [5.41, 5.74) is 3.01. The van der Waals surface area contributed by atoms with Crippen LogP contribution in [0.25, 0.3) is 11.4 Å². The molecule has 7 nitrogen and oxygen atoms in total. The lowest BCUT2D eigenvalue weighted by atomic mass is 9.95. The fraction of sp³-hybridized carbons (Fsp3) is 0.600. The fourth-order valence-corrected chi connectivity index (χ4v) is 3.60. The average Bonchev–Trinajstić information content (AvgIpc) is 3.09. The molecule has 0 aliphatic heterocycles. The van der Waals surface area contributed by atoms with E-state index in [4.69, 9.17) is 4.74 Å². The molecule has 2 heterocycles. The zero-order valence-corrected chi connectivity index (χ0v) is 12.8. The Balaban J connectivity index is 1.87. The van der Waals surface area contributed by atoms with E-state index in [2.05, 4.69) is 20.3 Å². The zero-order valence-electron chi connectivity index (χ0n) is 12.8. The van der Waals surface area contributed by atoms with Gasteiger partial charge < -0.3 is 9.84 Å². The maximum Gasteiger partial charge on any atom is 0.316 e. The van der Waals surface area contributed by atoms with Crippen LogP contribution in [-0.2, 0) is 12.8 Å². The lowest BCUT2D eigenvalue weighted by molar-refractivity contribution is 0.0221. The van der Waals surface area contributed by atoms with Crippen LogP contribution in [0.15, 0.2) is 6.20 Å². The average molecular weight is 301 g/mol. The van der Waals surface area contributed by atoms with Gasteiger partial charge in [-0.05, 0) is 44.6 Å². The van der Waals surface area contributed by atoms with Gasteiger partial charge in [-0.1, -0.05) is 5.21 Å². The van der Waals surface area contributed by atoms with Gasteiger partial charge in [0.1, 0.15) is 11.4 Å². The number of aryl methyl sites for hydroxylation is 2. The lowest BCUT2D eigenvalue weighted by Crippen LogP contribution is -2.32. The van der Waals surface area contributed by atoms with Crippen LogP contribution in [0.5, 0.6) is 6.01 Å². The van der Waals surface area contributed by atoms with Crippen molar-refractivity contribution in [3.8, 4) is 17.4 Å². The number of fused-ring (bicyclic) bond motifs is 3. The Hall–Kier alpha value is -2.02. The number of methoxy groups -OCH3 is 1. The normalized spacial score (nSPS) is 26.6. The van der Waals surface area contributed by atoms with E-state index in [0.29, 0.717) is 6.01 Å². The SMILES string of the molecule is COc1ncc2c(n1)-c1c(nnn1[C@@H]1CCC[C@@]1(C)O)CC2. The summed E-state index contributed by atoms with van der Waals surface area (Å²) in [6.07, 6.45) is 6.17. The molecule has 0 spiro atoms. The van der Waals surface area contributed by atoms with Crippen LogP contribution in [-0.4, -0.2) is 42.8 Å². The van der Waals surface area contributed by atoms with E-state index in [1.807, 2.05) is 17.8 Å². The van der Waals surface area contributed by atoms with E-state index >= 15 is 0 Å². The van der Waals surface area contributed by atoms with Crippen molar-refractivity contribution in [2.75, 3.05) is 7.11 Å². The summed E-state index contributed by atoms with van der Waals surface area (Å²) in [6, 6.07) is 0.285. The molecule has 0 bridgehead atoms. The molecular formula is C15H19N5O2. The van der Waals surface area contributed by atoms with E-state index in [1.165, 1.54) is 0 Å². The summed E-state index contributed by atoms with van der Waals surface area (Å²) in [4.78, 5) is 8.70. The second-order valence-corrected chi connectivity index (χ2v) is 6.33. The predicted molar refractivity (Wildman–Crippen MR) is 78.5 cm³/mol. The molecular weight excluding hydrogens is 282 g/mol. The number of ether oxygens (including phenoxy) is 1. The topological polar surface area (TPSA) is 86.0 Å². The fourth-order valence-electron chi connectivity index (χ4n) is 3.60. The molecule has 1 saturated carbocycles. The van der Waals surface area contributed by atoms with Gasteiger partial charge in [0.25, 0.3) is 0 Å². The van der Waals surface area contributed by atoms with Crippen LogP contribution in [0.2, 0.25) is 0 Å². The van der Waals surface area contributed by atoms with Gasteiger partial charge in [0.05, 0.1) is 24.4 Å². The number of aromatic nitrogens is 5. The molecule has 116 valence electrons. The van der Waals surface area contributed by atoms with Crippen molar-refractivity contribution in [3.63, 3.8) is 0 Å². The highest BCUT2D eigenvalue weighted by molar-refractivity contribution is 5.64. The summed E-state index contributed by atoms with van der Waals surface area (Å²) < 4.78 is 7.02. The van der Waals surface area contributed by atoms with E-state index in [9.17, 15) is 5.11 Å². The number of hydrogen-bond acceptors (Lipinski definition) is 6. The van der Waals surface area contributed by atoms with Gasteiger partial charge in [-0.3, -0.25) is 0 Å². The molecule has 2 atom stereocenters. The molecule has 0 aromatic carbocycles. The maximum atomic E-state index is 10.6. The van der Waals surface area contributed by atoms with E-state index in [0.717, 1.165) is 54.7 Å². The molecule has 7 heteroatoms. The summed E-state index contributed by atoms with van der Waals surface area (Å²) in [7, 11) is 1.56. The minimum absolute atomic E-state index is 0.0596. The first-order valence-electron chi connectivity index (χ1n) is 7.67. The van der Waals surface area contributed by atoms with Crippen LogP contribution in [0.3, 0.4) is 0 Å². The Morgan fingerprint density at radius 2 is 2.27 bits per heavy atom. The number of aliphatic hydroxyl groups is 1. The highest BCUT2D eigenvalue weighted by Crippen LogP contribution is 2.42. The van der Waals surface area contributed by atoms with Crippen molar-refractivity contribution in [1.82, 2.24) is 25.0 Å². The summed E-state index contributed by atoms with van der Waals surface area (Å²) in [5.74, 6) is 0. The highest BCUT2D eigenvalue weighted by atomic mass is 16.5. The molecule has 0 radical (unpaired) electrons. The molecule has 0 saturated heterocycles. The first-order chi connectivity index (χ1) is 10.6. The molecule has 1 N–H and O–H groups in total. The Kier molecular flexibility index (Phi) is 2.94. The van der Waals surface area contributed by atoms with Gasteiger partial charge in [-0.15, -0.1) is 5.10 Å². The molecule has 2 aliphatic carbocycles. The quantitative estimate of drug-likeness (QED) is 0.900. The smallest absolute Gasteiger partial charge is 0.316 e. The lowest BCUT2D eigenvalue weighted by Gasteiger charge is -2.27. The molecule has 2 aromatic rings. The van der Waals surface area contributed by atoms with E-state index < -0.39 is 5.60 Å². The van der Waals surface area contributed by atoms with Crippen molar-refractivity contribution >= 4 is 0 Å². The Labute approximate surface area is 128 Å². The Morgan fingerprint density at radius 1 is 1.41 bits per heavy atom. The van der Waals surface area contributed by atoms with Crippen molar-refractivity contribution in [2.45, 2.75) is 50.7 Å². The third-order valence-corrected chi connectivity index (χ3v) is 4.82. The zero-order chi connectivity index (χ0) is 15.3. The summed E-state index contributed by atoms with van der Waals surface area (Å²) in [5, 5.41) is 19.3. The molecule has 22 heavy (non-hydrogen) atoms. The van der Waals surface area contributed by atoms with Gasteiger partial charge in [0.15, 0.2) is 0 Å². The van der Waals surface area contributed by atoms with E-state index in [-0.39, 0.29) is 6.04 Å². The molecule has 2 aromatic heterocycles. The van der Waals surface area contributed by atoms with Crippen molar-refractivity contribution in [3.05, 3.63) is 17.5 Å². The number of nitrogens with zero attached hydrogens (tertiary/aromatic N) is 5. The van der Waals surface area contributed by atoms with Gasteiger partial charge in [-0.25, -0.2) is 9.67 Å². The van der Waals surface area contributed by atoms with Gasteiger partial charge >= 0.3 is 6.01 Å². The first-order valence-corrected chi connectivity index (χ1v) is 7.67. The summed E-state index contributed by atoms with van der Waals surface area (Å²) >= 11 is 0.